The van der Waals surface area contributed by atoms with Crippen molar-refractivity contribution in [3.05, 3.63) is 89.3 Å². The van der Waals surface area contributed by atoms with Crippen molar-refractivity contribution in [1.29, 1.82) is 0 Å². The fraction of sp³-hybridized carbons (Fsp3) is 0.105. The molecule has 0 saturated heterocycles. The summed E-state index contributed by atoms with van der Waals surface area (Å²) in [7, 11) is -3.79. The highest BCUT2D eigenvalue weighted by Gasteiger charge is 2.31. The van der Waals surface area contributed by atoms with Gasteiger partial charge in [0.15, 0.2) is 9.84 Å². The molecule has 0 spiro atoms. The van der Waals surface area contributed by atoms with E-state index < -0.39 is 15.1 Å². The van der Waals surface area contributed by atoms with Crippen LogP contribution in [0.15, 0.2) is 82.3 Å². The van der Waals surface area contributed by atoms with E-state index in [1.807, 2.05) is 0 Å². The van der Waals surface area contributed by atoms with Gasteiger partial charge in [-0.1, -0.05) is 29.8 Å². The minimum Gasteiger partial charge on any atom is -0.468 e. The third kappa shape index (κ3) is 3.98. The average Bonchev–Trinajstić information content (AvgIpc) is 3.17. The van der Waals surface area contributed by atoms with E-state index in [4.69, 9.17) is 16.0 Å². The van der Waals surface area contributed by atoms with Gasteiger partial charge in [-0.3, -0.25) is 4.79 Å². The molecular formula is C19H16ClNO4S. The van der Waals surface area contributed by atoms with Crippen LogP contribution >= 0.6 is 11.6 Å². The molecule has 1 atom stereocenters. The number of halogens is 1. The van der Waals surface area contributed by atoms with Crippen LogP contribution in [0.25, 0.3) is 0 Å². The standard InChI is InChI=1S/C19H16ClNO4S/c20-15-8-10-16(11-9-15)26(23,24)18(17-7-4-12-25-17)13-21-19(22)14-5-2-1-3-6-14/h1-12,18H,13H2,(H,21,22)/t18-/m0/s1. The van der Waals surface area contributed by atoms with Crippen molar-refractivity contribution < 1.29 is 17.6 Å². The summed E-state index contributed by atoms with van der Waals surface area (Å²) in [4.78, 5) is 12.4. The highest BCUT2D eigenvalue weighted by atomic mass is 35.5. The Morgan fingerprint density at radius 3 is 2.31 bits per heavy atom. The lowest BCUT2D eigenvalue weighted by molar-refractivity contribution is 0.0953. The molecular weight excluding hydrogens is 374 g/mol. The normalized spacial score (nSPS) is 12.5. The lowest BCUT2D eigenvalue weighted by Crippen LogP contribution is -2.31. The lowest BCUT2D eigenvalue weighted by atomic mass is 10.2. The topological polar surface area (TPSA) is 76.4 Å². The maximum atomic E-state index is 13.0. The second-order valence-electron chi connectivity index (χ2n) is 5.58. The van der Waals surface area contributed by atoms with Crippen molar-refractivity contribution in [3.8, 4) is 0 Å². The molecule has 0 unspecified atom stereocenters. The van der Waals surface area contributed by atoms with Gasteiger partial charge >= 0.3 is 0 Å². The summed E-state index contributed by atoms with van der Waals surface area (Å²) in [6, 6.07) is 17.7. The van der Waals surface area contributed by atoms with Crippen LogP contribution in [-0.2, 0) is 9.84 Å². The predicted octanol–water partition coefficient (Wildman–Crippen LogP) is 3.88. The molecule has 1 amide bonds. The van der Waals surface area contributed by atoms with Gasteiger partial charge in [0.05, 0.1) is 11.2 Å². The van der Waals surface area contributed by atoms with Crippen molar-refractivity contribution in [2.24, 2.45) is 0 Å². The fourth-order valence-electron chi connectivity index (χ4n) is 2.50. The van der Waals surface area contributed by atoms with Gasteiger partial charge in [0.25, 0.3) is 5.91 Å². The molecule has 1 aromatic heterocycles. The van der Waals surface area contributed by atoms with E-state index in [1.54, 1.807) is 42.5 Å². The molecule has 2 aromatic carbocycles. The Morgan fingerprint density at radius 1 is 1.00 bits per heavy atom. The molecule has 1 N–H and O–H groups in total. The number of nitrogens with one attached hydrogen (secondary N) is 1. The monoisotopic (exact) mass is 389 g/mol. The van der Waals surface area contributed by atoms with Crippen molar-refractivity contribution in [2.75, 3.05) is 6.54 Å². The minimum absolute atomic E-state index is 0.109. The molecule has 1 heterocycles. The lowest BCUT2D eigenvalue weighted by Gasteiger charge is -2.17. The molecule has 26 heavy (non-hydrogen) atoms. The van der Waals surface area contributed by atoms with E-state index in [1.165, 1.54) is 30.5 Å². The summed E-state index contributed by atoms with van der Waals surface area (Å²) in [5, 5.41) is 2.06. The first-order valence-electron chi connectivity index (χ1n) is 7.84. The molecule has 0 saturated carbocycles. The number of hydrogen-bond acceptors (Lipinski definition) is 4. The van der Waals surface area contributed by atoms with Crippen LogP contribution in [0.4, 0.5) is 0 Å². The SMILES string of the molecule is O=C(NC[C@@H](c1ccco1)S(=O)(=O)c1ccc(Cl)cc1)c1ccccc1. The second kappa shape index (κ2) is 7.76. The third-order valence-electron chi connectivity index (χ3n) is 3.86. The van der Waals surface area contributed by atoms with Crippen molar-refractivity contribution in [3.63, 3.8) is 0 Å². The highest BCUT2D eigenvalue weighted by molar-refractivity contribution is 7.91. The van der Waals surface area contributed by atoms with Gasteiger partial charge in [-0.25, -0.2) is 8.42 Å². The Morgan fingerprint density at radius 2 is 1.69 bits per heavy atom. The first-order valence-corrected chi connectivity index (χ1v) is 9.77. The molecule has 134 valence electrons. The summed E-state index contributed by atoms with van der Waals surface area (Å²) in [5.41, 5.74) is 0.453. The van der Waals surface area contributed by atoms with Crippen LogP contribution in [0.2, 0.25) is 5.02 Å². The Bertz CT molecular complexity index is 968. The van der Waals surface area contributed by atoms with Crippen molar-refractivity contribution >= 4 is 27.3 Å². The van der Waals surface area contributed by atoms with Crippen molar-refractivity contribution in [1.82, 2.24) is 5.32 Å². The number of benzene rings is 2. The van der Waals surface area contributed by atoms with Gasteiger partial charge in [-0.2, -0.15) is 0 Å². The Labute approximate surface area is 156 Å². The van der Waals surface area contributed by atoms with Crippen LogP contribution in [0.3, 0.4) is 0 Å². The summed E-state index contributed by atoms with van der Waals surface area (Å²) in [6.07, 6.45) is 1.40. The fourth-order valence-corrected chi connectivity index (χ4v) is 4.22. The Kier molecular flexibility index (Phi) is 5.44. The van der Waals surface area contributed by atoms with Crippen LogP contribution in [0.1, 0.15) is 21.4 Å². The number of sulfone groups is 1. The predicted molar refractivity (Wildman–Crippen MR) is 98.9 cm³/mol. The number of carbonyl (C=O) groups excluding carboxylic acids is 1. The van der Waals surface area contributed by atoms with Gasteiger partial charge in [-0.15, -0.1) is 0 Å². The maximum Gasteiger partial charge on any atom is 0.251 e. The summed E-state index contributed by atoms with van der Waals surface area (Å²) >= 11 is 5.84. The van der Waals surface area contributed by atoms with E-state index in [2.05, 4.69) is 5.32 Å². The second-order valence-corrected chi connectivity index (χ2v) is 8.15. The zero-order valence-electron chi connectivity index (χ0n) is 13.6. The minimum atomic E-state index is -3.79. The summed E-state index contributed by atoms with van der Waals surface area (Å²) < 4.78 is 31.4. The Balaban J connectivity index is 1.86. The number of carbonyl (C=O) groups is 1. The quantitative estimate of drug-likeness (QED) is 0.694. The van der Waals surface area contributed by atoms with Gasteiger partial charge < -0.3 is 9.73 Å². The molecule has 3 aromatic rings. The van der Waals surface area contributed by atoms with Crippen LogP contribution in [0, 0.1) is 0 Å². The van der Waals surface area contributed by atoms with Gasteiger partial charge in [0, 0.05) is 17.1 Å². The molecule has 7 heteroatoms. The zero-order chi connectivity index (χ0) is 18.6. The van der Waals surface area contributed by atoms with Crippen LogP contribution in [0.5, 0.6) is 0 Å². The molecule has 5 nitrogen and oxygen atoms in total. The molecule has 0 radical (unpaired) electrons. The molecule has 0 bridgehead atoms. The van der Waals surface area contributed by atoms with Gasteiger partial charge in [0.1, 0.15) is 11.0 Å². The molecule has 3 rings (SSSR count). The number of rotatable bonds is 6. The number of hydrogen-bond donors (Lipinski definition) is 1. The van der Waals surface area contributed by atoms with E-state index in [-0.39, 0.29) is 23.1 Å². The zero-order valence-corrected chi connectivity index (χ0v) is 15.2. The van der Waals surface area contributed by atoms with E-state index in [0.717, 1.165) is 0 Å². The third-order valence-corrected chi connectivity index (χ3v) is 6.19. The molecule has 0 aliphatic heterocycles. The first-order chi connectivity index (χ1) is 12.5. The van der Waals surface area contributed by atoms with Crippen molar-refractivity contribution in [2.45, 2.75) is 10.1 Å². The average molecular weight is 390 g/mol. The number of furan rings is 1. The molecule has 0 aliphatic rings. The van der Waals surface area contributed by atoms with E-state index in [0.29, 0.717) is 10.6 Å². The Hall–Kier alpha value is -2.57. The van der Waals surface area contributed by atoms with E-state index in [9.17, 15) is 13.2 Å². The van der Waals surface area contributed by atoms with Crippen LogP contribution in [-0.4, -0.2) is 20.9 Å². The first kappa shape index (κ1) is 18.2. The van der Waals surface area contributed by atoms with Gasteiger partial charge in [-0.05, 0) is 48.5 Å². The smallest absolute Gasteiger partial charge is 0.251 e. The molecule has 0 fully saturated rings. The van der Waals surface area contributed by atoms with Crippen LogP contribution < -0.4 is 5.32 Å². The molecule has 0 aliphatic carbocycles. The summed E-state index contributed by atoms with van der Waals surface area (Å²) in [5.74, 6) is -0.0956. The van der Waals surface area contributed by atoms with E-state index >= 15 is 0 Å². The number of amides is 1. The largest absolute Gasteiger partial charge is 0.468 e. The van der Waals surface area contributed by atoms with Gasteiger partial charge in [0.2, 0.25) is 0 Å². The highest BCUT2D eigenvalue weighted by Crippen LogP contribution is 2.29. The maximum absolute atomic E-state index is 13.0. The summed E-state index contributed by atoms with van der Waals surface area (Å²) in [6.45, 7) is -0.119.